The maximum absolute atomic E-state index is 5.12. The zero-order valence-electron chi connectivity index (χ0n) is 7.08. The van der Waals surface area contributed by atoms with Crippen LogP contribution in [0.1, 0.15) is 11.1 Å². The van der Waals surface area contributed by atoms with E-state index in [1.54, 1.807) is 7.11 Å². The monoisotopic (exact) mass is 161 g/mol. The van der Waals surface area contributed by atoms with Crippen LogP contribution in [0.2, 0.25) is 0 Å². The minimum atomic E-state index is 0.905. The van der Waals surface area contributed by atoms with Crippen LogP contribution in [0.4, 0.5) is 0 Å². The van der Waals surface area contributed by atoms with Crippen molar-refractivity contribution in [3.05, 3.63) is 29.3 Å². The Morgan fingerprint density at radius 3 is 3.17 bits per heavy atom. The molecule has 12 heavy (non-hydrogen) atoms. The van der Waals surface area contributed by atoms with Crippen molar-refractivity contribution in [2.45, 2.75) is 6.42 Å². The van der Waals surface area contributed by atoms with Crippen molar-refractivity contribution in [2.75, 3.05) is 13.7 Å². The lowest BCUT2D eigenvalue weighted by molar-refractivity contribution is 0.414. The number of fused-ring (bicyclic) bond motifs is 1. The largest absolute Gasteiger partial charge is 0.497 e. The van der Waals surface area contributed by atoms with Gasteiger partial charge in [0.15, 0.2) is 0 Å². The summed E-state index contributed by atoms with van der Waals surface area (Å²) in [4.78, 5) is 4.21. The molecule has 0 aromatic heterocycles. The molecule has 0 radical (unpaired) electrons. The Hall–Kier alpha value is -1.31. The van der Waals surface area contributed by atoms with Crippen LogP contribution in [-0.4, -0.2) is 19.9 Å². The van der Waals surface area contributed by atoms with Crippen molar-refractivity contribution in [1.29, 1.82) is 0 Å². The highest BCUT2D eigenvalue weighted by atomic mass is 16.5. The Morgan fingerprint density at radius 2 is 2.33 bits per heavy atom. The van der Waals surface area contributed by atoms with Gasteiger partial charge in [-0.25, -0.2) is 0 Å². The number of hydrogen-bond donors (Lipinski definition) is 0. The van der Waals surface area contributed by atoms with E-state index in [2.05, 4.69) is 11.1 Å². The lowest BCUT2D eigenvalue weighted by Gasteiger charge is -2.10. The van der Waals surface area contributed by atoms with E-state index in [-0.39, 0.29) is 0 Å². The van der Waals surface area contributed by atoms with Crippen molar-refractivity contribution >= 4 is 6.21 Å². The third-order valence-electron chi connectivity index (χ3n) is 2.09. The number of nitrogens with zero attached hydrogens (tertiary/aromatic N) is 1. The molecule has 2 nitrogen and oxygen atoms in total. The Bertz CT molecular complexity index is 318. The molecule has 2 rings (SSSR count). The average Bonchev–Trinajstić information content (AvgIpc) is 2.17. The maximum atomic E-state index is 5.12. The van der Waals surface area contributed by atoms with E-state index in [1.165, 1.54) is 11.1 Å². The van der Waals surface area contributed by atoms with Gasteiger partial charge in [0.1, 0.15) is 5.75 Å². The number of ether oxygens (including phenoxy) is 1. The van der Waals surface area contributed by atoms with Crippen LogP contribution in [0.3, 0.4) is 0 Å². The van der Waals surface area contributed by atoms with E-state index in [1.807, 2.05) is 18.3 Å². The molecule has 0 saturated carbocycles. The minimum Gasteiger partial charge on any atom is -0.497 e. The summed E-state index contributed by atoms with van der Waals surface area (Å²) in [7, 11) is 1.68. The predicted molar refractivity (Wildman–Crippen MR) is 49.2 cm³/mol. The van der Waals surface area contributed by atoms with Gasteiger partial charge < -0.3 is 4.74 Å². The third kappa shape index (κ3) is 1.20. The van der Waals surface area contributed by atoms with Crippen LogP contribution in [0.15, 0.2) is 23.2 Å². The van der Waals surface area contributed by atoms with Gasteiger partial charge in [-0.15, -0.1) is 0 Å². The average molecular weight is 161 g/mol. The molecule has 1 aliphatic rings. The molecular weight excluding hydrogens is 150 g/mol. The molecule has 1 aliphatic heterocycles. The summed E-state index contributed by atoms with van der Waals surface area (Å²) in [5, 5.41) is 0. The topological polar surface area (TPSA) is 21.6 Å². The van der Waals surface area contributed by atoms with Gasteiger partial charge in [-0.2, -0.15) is 0 Å². The van der Waals surface area contributed by atoms with Gasteiger partial charge >= 0.3 is 0 Å². The highest BCUT2D eigenvalue weighted by molar-refractivity contribution is 5.83. The normalized spacial score (nSPS) is 14.1. The highest BCUT2D eigenvalue weighted by Crippen LogP contribution is 2.18. The van der Waals surface area contributed by atoms with Crippen LogP contribution >= 0.6 is 0 Å². The summed E-state index contributed by atoms with van der Waals surface area (Å²) in [6.45, 7) is 0.916. The molecule has 0 aliphatic carbocycles. The van der Waals surface area contributed by atoms with E-state index in [0.717, 1.165) is 18.7 Å². The van der Waals surface area contributed by atoms with E-state index in [0.29, 0.717) is 0 Å². The predicted octanol–water partition coefficient (Wildman–Crippen LogP) is 1.67. The van der Waals surface area contributed by atoms with Gasteiger partial charge in [0, 0.05) is 12.8 Å². The van der Waals surface area contributed by atoms with Crippen molar-refractivity contribution in [3.8, 4) is 5.75 Å². The molecule has 1 heterocycles. The maximum Gasteiger partial charge on any atom is 0.119 e. The van der Waals surface area contributed by atoms with Gasteiger partial charge in [0.05, 0.1) is 7.11 Å². The van der Waals surface area contributed by atoms with E-state index >= 15 is 0 Å². The second-order valence-corrected chi connectivity index (χ2v) is 2.85. The number of methoxy groups -OCH3 is 1. The molecule has 0 atom stereocenters. The zero-order chi connectivity index (χ0) is 8.39. The van der Waals surface area contributed by atoms with E-state index in [9.17, 15) is 0 Å². The zero-order valence-corrected chi connectivity index (χ0v) is 7.08. The molecule has 0 N–H and O–H groups in total. The number of rotatable bonds is 1. The first kappa shape index (κ1) is 7.35. The van der Waals surface area contributed by atoms with Crippen molar-refractivity contribution in [2.24, 2.45) is 4.99 Å². The lowest BCUT2D eigenvalue weighted by atomic mass is 10.0. The quantitative estimate of drug-likeness (QED) is 0.614. The number of aliphatic imine (C=N–C) groups is 1. The van der Waals surface area contributed by atoms with Gasteiger partial charge in [0.2, 0.25) is 0 Å². The second-order valence-electron chi connectivity index (χ2n) is 2.85. The molecule has 0 bridgehead atoms. The van der Waals surface area contributed by atoms with Gasteiger partial charge in [-0.05, 0) is 29.7 Å². The Kier molecular flexibility index (Phi) is 1.82. The standard InChI is InChI=1S/C10H11NO/c1-12-10-3-2-8-4-5-11-7-9(8)6-10/h2-3,6-7H,4-5H2,1H3. The van der Waals surface area contributed by atoms with Crippen LogP contribution in [0.5, 0.6) is 5.75 Å². The minimum absolute atomic E-state index is 0.905. The van der Waals surface area contributed by atoms with Gasteiger partial charge in [0.25, 0.3) is 0 Å². The first-order chi connectivity index (χ1) is 5.90. The molecule has 0 fully saturated rings. The van der Waals surface area contributed by atoms with E-state index in [4.69, 9.17) is 4.74 Å². The van der Waals surface area contributed by atoms with Crippen molar-refractivity contribution in [3.63, 3.8) is 0 Å². The molecular formula is C10H11NO. The fraction of sp³-hybridized carbons (Fsp3) is 0.300. The molecule has 0 saturated heterocycles. The van der Waals surface area contributed by atoms with Crippen molar-refractivity contribution < 1.29 is 4.74 Å². The highest BCUT2D eigenvalue weighted by Gasteiger charge is 2.05. The van der Waals surface area contributed by atoms with Crippen molar-refractivity contribution in [1.82, 2.24) is 0 Å². The van der Waals surface area contributed by atoms with Gasteiger partial charge in [-0.3, -0.25) is 4.99 Å². The van der Waals surface area contributed by atoms with E-state index < -0.39 is 0 Å². The Labute approximate surface area is 71.9 Å². The summed E-state index contributed by atoms with van der Waals surface area (Å²) in [6, 6.07) is 6.13. The molecule has 0 amide bonds. The summed E-state index contributed by atoms with van der Waals surface area (Å²) in [6.07, 6.45) is 2.97. The second kappa shape index (κ2) is 2.97. The third-order valence-corrected chi connectivity index (χ3v) is 2.09. The van der Waals surface area contributed by atoms with Crippen LogP contribution in [0.25, 0.3) is 0 Å². The Morgan fingerprint density at radius 1 is 1.42 bits per heavy atom. The summed E-state index contributed by atoms with van der Waals surface area (Å²) in [5.41, 5.74) is 2.56. The fourth-order valence-electron chi connectivity index (χ4n) is 1.40. The van der Waals surface area contributed by atoms with Crippen LogP contribution < -0.4 is 4.74 Å². The number of benzene rings is 1. The molecule has 1 aromatic carbocycles. The first-order valence-corrected chi connectivity index (χ1v) is 4.07. The molecule has 62 valence electrons. The fourth-order valence-corrected chi connectivity index (χ4v) is 1.40. The summed E-state index contributed by atoms with van der Waals surface area (Å²) >= 11 is 0. The van der Waals surface area contributed by atoms with Crippen LogP contribution in [0, 0.1) is 0 Å². The smallest absolute Gasteiger partial charge is 0.119 e. The van der Waals surface area contributed by atoms with Gasteiger partial charge in [-0.1, -0.05) is 6.07 Å². The SMILES string of the molecule is COc1ccc2c(c1)C=NCC2. The lowest BCUT2D eigenvalue weighted by Crippen LogP contribution is -2.02. The molecule has 1 aromatic rings. The Balaban J connectivity index is 2.44. The number of hydrogen-bond acceptors (Lipinski definition) is 2. The molecule has 0 spiro atoms. The summed E-state index contributed by atoms with van der Waals surface area (Å²) in [5.74, 6) is 0.905. The summed E-state index contributed by atoms with van der Waals surface area (Å²) < 4.78 is 5.12. The molecule has 0 unspecified atom stereocenters. The van der Waals surface area contributed by atoms with Crippen LogP contribution in [-0.2, 0) is 6.42 Å². The first-order valence-electron chi connectivity index (χ1n) is 4.07. The molecule has 2 heteroatoms.